The topological polar surface area (TPSA) is 37.3 Å². The van der Waals surface area contributed by atoms with Gasteiger partial charge in [-0.25, -0.2) is 0 Å². The minimum atomic E-state index is -0.127. The molecule has 4 aromatic carbocycles. The molecule has 0 amide bonds. The van der Waals surface area contributed by atoms with Crippen LogP contribution in [0.15, 0.2) is 78.9 Å². The number of aliphatic hydroxyl groups excluding tert-OH is 1. The molecule has 1 aliphatic rings. The maximum atomic E-state index is 13.2. The van der Waals surface area contributed by atoms with E-state index in [2.05, 4.69) is 0 Å². The summed E-state index contributed by atoms with van der Waals surface area (Å²) in [7, 11) is 0. The molecule has 25 heavy (non-hydrogen) atoms. The fourth-order valence-corrected chi connectivity index (χ4v) is 3.80. The molecule has 0 unspecified atom stereocenters. The van der Waals surface area contributed by atoms with E-state index < -0.39 is 0 Å². The molecule has 5 rings (SSSR count). The quantitative estimate of drug-likeness (QED) is 0.494. The van der Waals surface area contributed by atoms with Gasteiger partial charge in [-0.3, -0.25) is 4.79 Å². The third-order valence-corrected chi connectivity index (χ3v) is 4.93. The van der Waals surface area contributed by atoms with Crippen LogP contribution in [-0.2, 0) is 0 Å². The highest BCUT2D eigenvalue weighted by Gasteiger charge is 2.29. The van der Waals surface area contributed by atoms with Crippen molar-refractivity contribution in [3.8, 4) is 0 Å². The minimum absolute atomic E-state index is 0.0608. The van der Waals surface area contributed by atoms with E-state index in [9.17, 15) is 9.90 Å². The number of carbonyl (C=O) groups excluding carboxylic acids is 1. The predicted molar refractivity (Wildman–Crippen MR) is 102 cm³/mol. The molecular formula is C23H14O2. The van der Waals surface area contributed by atoms with Crippen LogP contribution in [0.1, 0.15) is 21.5 Å². The Bertz CT molecular complexity index is 1200. The fraction of sp³-hybridized carbons (Fsp3) is 0. The molecule has 0 radical (unpaired) electrons. The average Bonchev–Trinajstić information content (AvgIpc) is 2.66. The smallest absolute Gasteiger partial charge is 0.198 e. The largest absolute Gasteiger partial charge is 0.507 e. The molecule has 0 saturated heterocycles. The molecule has 118 valence electrons. The molecule has 0 atom stereocenters. The van der Waals surface area contributed by atoms with Crippen LogP contribution in [0.2, 0.25) is 0 Å². The van der Waals surface area contributed by atoms with E-state index >= 15 is 0 Å². The van der Waals surface area contributed by atoms with Crippen LogP contribution in [0.5, 0.6) is 0 Å². The number of rotatable bonds is 1. The van der Waals surface area contributed by atoms with Crippen molar-refractivity contribution in [3.63, 3.8) is 0 Å². The summed E-state index contributed by atoms with van der Waals surface area (Å²) < 4.78 is 0. The summed E-state index contributed by atoms with van der Waals surface area (Å²) in [4.78, 5) is 13.2. The molecule has 4 aromatic rings. The maximum Gasteiger partial charge on any atom is 0.198 e. The first-order valence-corrected chi connectivity index (χ1v) is 8.24. The van der Waals surface area contributed by atoms with E-state index in [1.807, 2.05) is 78.9 Å². The van der Waals surface area contributed by atoms with Crippen LogP contribution < -0.4 is 0 Å². The van der Waals surface area contributed by atoms with Gasteiger partial charge >= 0.3 is 0 Å². The lowest BCUT2D eigenvalue weighted by Gasteiger charge is -2.20. The maximum absolute atomic E-state index is 13.2. The Balaban J connectivity index is 1.91. The number of carbonyl (C=O) groups is 1. The Morgan fingerprint density at radius 3 is 2.00 bits per heavy atom. The molecule has 0 bridgehead atoms. The van der Waals surface area contributed by atoms with E-state index in [1.165, 1.54) is 0 Å². The van der Waals surface area contributed by atoms with Crippen molar-refractivity contribution in [2.24, 2.45) is 0 Å². The van der Waals surface area contributed by atoms with Gasteiger partial charge in [0.25, 0.3) is 0 Å². The summed E-state index contributed by atoms with van der Waals surface area (Å²) in [6.07, 6.45) is 0. The number of Topliss-reactive ketones (excluding diaryl/α,β-unsaturated/α-hetero) is 1. The van der Waals surface area contributed by atoms with Gasteiger partial charge in [-0.05, 0) is 21.7 Å². The lowest BCUT2D eigenvalue weighted by Crippen LogP contribution is -2.12. The Morgan fingerprint density at radius 2 is 1.20 bits per heavy atom. The first-order valence-electron chi connectivity index (χ1n) is 8.24. The van der Waals surface area contributed by atoms with Crippen molar-refractivity contribution in [3.05, 3.63) is 95.6 Å². The Morgan fingerprint density at radius 1 is 0.600 bits per heavy atom. The fourth-order valence-electron chi connectivity index (χ4n) is 3.80. The SMILES string of the molecule is O=C1C(c2cccc3ccccc23)=C(O)c2cccc3cccc1c23. The van der Waals surface area contributed by atoms with Crippen LogP contribution in [-0.4, -0.2) is 10.9 Å². The standard InChI is InChI=1S/C23H14O2/c24-22-18-12-4-8-15-9-5-13-19(20(15)18)23(25)21(22)17-11-3-7-14-6-1-2-10-16(14)17/h1-13,24H. The number of benzene rings is 4. The zero-order chi connectivity index (χ0) is 17.0. The average molecular weight is 322 g/mol. The van der Waals surface area contributed by atoms with Gasteiger partial charge in [0.2, 0.25) is 0 Å². The van der Waals surface area contributed by atoms with Crippen LogP contribution in [0.4, 0.5) is 0 Å². The highest BCUT2D eigenvalue weighted by molar-refractivity contribution is 6.41. The van der Waals surface area contributed by atoms with Crippen molar-refractivity contribution < 1.29 is 9.90 Å². The van der Waals surface area contributed by atoms with Crippen LogP contribution in [0.25, 0.3) is 32.9 Å². The number of hydrogen-bond acceptors (Lipinski definition) is 2. The first kappa shape index (κ1) is 14.0. The summed E-state index contributed by atoms with van der Waals surface area (Å²) in [6.45, 7) is 0. The number of fused-ring (bicyclic) bond motifs is 1. The lowest BCUT2D eigenvalue weighted by molar-refractivity contribution is 0.105. The molecule has 0 heterocycles. The second kappa shape index (κ2) is 5.05. The molecule has 1 aliphatic carbocycles. The molecular weight excluding hydrogens is 308 g/mol. The van der Waals surface area contributed by atoms with Crippen molar-refractivity contribution >= 4 is 38.7 Å². The number of aliphatic hydroxyl groups is 1. The van der Waals surface area contributed by atoms with Crippen molar-refractivity contribution in [1.82, 2.24) is 0 Å². The van der Waals surface area contributed by atoms with Gasteiger partial charge in [-0.2, -0.15) is 0 Å². The summed E-state index contributed by atoms with van der Waals surface area (Å²) >= 11 is 0. The lowest BCUT2D eigenvalue weighted by atomic mass is 9.83. The molecule has 1 N–H and O–H groups in total. The summed E-state index contributed by atoms with van der Waals surface area (Å²) in [5.74, 6) is -0.0659. The van der Waals surface area contributed by atoms with Gasteiger partial charge in [-0.1, -0.05) is 78.9 Å². The van der Waals surface area contributed by atoms with Crippen LogP contribution in [0, 0.1) is 0 Å². The third kappa shape index (κ3) is 1.88. The van der Waals surface area contributed by atoms with Crippen molar-refractivity contribution in [1.29, 1.82) is 0 Å². The number of allylic oxidation sites excluding steroid dienone is 1. The van der Waals surface area contributed by atoms with Gasteiger partial charge in [0, 0.05) is 16.5 Å². The van der Waals surface area contributed by atoms with E-state index in [0.717, 1.165) is 32.7 Å². The highest BCUT2D eigenvalue weighted by Crippen LogP contribution is 2.40. The van der Waals surface area contributed by atoms with Crippen molar-refractivity contribution in [2.75, 3.05) is 0 Å². The first-order chi connectivity index (χ1) is 12.3. The highest BCUT2D eigenvalue weighted by atomic mass is 16.3. The number of ketones is 1. The monoisotopic (exact) mass is 322 g/mol. The second-order valence-corrected chi connectivity index (χ2v) is 6.29. The van der Waals surface area contributed by atoms with E-state index in [0.29, 0.717) is 11.1 Å². The minimum Gasteiger partial charge on any atom is -0.507 e. The molecule has 0 saturated carbocycles. The van der Waals surface area contributed by atoms with Gasteiger partial charge < -0.3 is 5.11 Å². The van der Waals surface area contributed by atoms with Gasteiger partial charge in [0.05, 0.1) is 5.57 Å². The molecule has 2 heteroatoms. The van der Waals surface area contributed by atoms with E-state index in [4.69, 9.17) is 0 Å². The molecule has 2 nitrogen and oxygen atoms in total. The second-order valence-electron chi connectivity index (χ2n) is 6.29. The molecule has 0 spiro atoms. The van der Waals surface area contributed by atoms with Gasteiger partial charge in [0.15, 0.2) is 5.78 Å². The van der Waals surface area contributed by atoms with Crippen molar-refractivity contribution in [2.45, 2.75) is 0 Å². The van der Waals surface area contributed by atoms with Crippen LogP contribution >= 0.6 is 0 Å². The summed E-state index contributed by atoms with van der Waals surface area (Å²) in [6, 6.07) is 25.2. The predicted octanol–water partition coefficient (Wildman–Crippen LogP) is 5.62. The van der Waals surface area contributed by atoms with E-state index in [1.54, 1.807) is 0 Å². The summed E-state index contributed by atoms with van der Waals surface area (Å²) in [5, 5.41) is 14.8. The normalized spacial score (nSPS) is 13.7. The molecule has 0 aromatic heterocycles. The Hall–Kier alpha value is -3.39. The van der Waals surface area contributed by atoms with Gasteiger partial charge in [-0.15, -0.1) is 0 Å². The molecule has 0 fully saturated rings. The Kier molecular flexibility index (Phi) is 2.83. The zero-order valence-corrected chi connectivity index (χ0v) is 13.4. The third-order valence-electron chi connectivity index (χ3n) is 4.93. The molecule has 0 aliphatic heterocycles. The zero-order valence-electron chi connectivity index (χ0n) is 13.4. The Labute approximate surface area is 144 Å². The number of hydrogen-bond donors (Lipinski definition) is 1. The van der Waals surface area contributed by atoms with Gasteiger partial charge in [0.1, 0.15) is 5.76 Å². The summed E-state index contributed by atoms with van der Waals surface area (Å²) in [5.41, 5.74) is 2.51. The van der Waals surface area contributed by atoms with Crippen LogP contribution in [0.3, 0.4) is 0 Å². The van der Waals surface area contributed by atoms with E-state index in [-0.39, 0.29) is 11.5 Å².